The second-order valence-corrected chi connectivity index (χ2v) is 8.56. The number of carbonyl (C=O) groups excluding carboxylic acids is 1. The molecule has 2 N–H and O–H groups in total. The summed E-state index contributed by atoms with van der Waals surface area (Å²) in [7, 11) is 1.81. The molecule has 2 aliphatic rings. The Labute approximate surface area is 170 Å². The van der Waals surface area contributed by atoms with Crippen molar-refractivity contribution in [3.05, 3.63) is 0 Å². The number of amides is 1. The molecule has 0 spiro atoms. The molecule has 1 heterocycles. The van der Waals surface area contributed by atoms with E-state index in [0.29, 0.717) is 17.4 Å². The van der Waals surface area contributed by atoms with Gasteiger partial charge in [-0.1, -0.05) is 40.0 Å². The lowest BCUT2D eigenvalue weighted by atomic mass is 9.88. The summed E-state index contributed by atoms with van der Waals surface area (Å²) < 4.78 is 0. The number of rotatable bonds is 4. The first-order valence-electron chi connectivity index (χ1n) is 9.65. The Morgan fingerprint density at radius 2 is 1.84 bits per heavy atom. The summed E-state index contributed by atoms with van der Waals surface area (Å²) in [6, 6.07) is 0.318. The van der Waals surface area contributed by atoms with Crippen LogP contribution in [0.5, 0.6) is 0 Å². The van der Waals surface area contributed by atoms with Crippen LogP contribution in [0.15, 0.2) is 4.99 Å². The Bertz CT molecular complexity index is 441. The van der Waals surface area contributed by atoms with Crippen molar-refractivity contribution in [2.45, 2.75) is 71.8 Å². The van der Waals surface area contributed by atoms with Crippen LogP contribution in [0.25, 0.3) is 0 Å². The Kier molecular flexibility index (Phi) is 9.52. The van der Waals surface area contributed by atoms with Gasteiger partial charge in [0, 0.05) is 38.6 Å². The van der Waals surface area contributed by atoms with Crippen molar-refractivity contribution in [1.29, 1.82) is 0 Å². The molecule has 1 atom stereocenters. The zero-order valence-corrected chi connectivity index (χ0v) is 18.8. The second kappa shape index (κ2) is 10.6. The van der Waals surface area contributed by atoms with Crippen LogP contribution in [0.1, 0.15) is 65.7 Å². The van der Waals surface area contributed by atoms with Crippen molar-refractivity contribution < 1.29 is 4.79 Å². The molecule has 1 saturated heterocycles. The highest BCUT2D eigenvalue weighted by molar-refractivity contribution is 14.0. The third kappa shape index (κ3) is 7.71. The maximum absolute atomic E-state index is 12.6. The molecule has 1 saturated carbocycles. The van der Waals surface area contributed by atoms with Crippen LogP contribution in [0, 0.1) is 11.3 Å². The third-order valence-corrected chi connectivity index (χ3v) is 5.19. The molecule has 0 aromatic rings. The van der Waals surface area contributed by atoms with Crippen LogP contribution in [0.3, 0.4) is 0 Å². The topological polar surface area (TPSA) is 56.7 Å². The number of aliphatic imine (C=N–C) groups is 1. The monoisotopic (exact) mass is 464 g/mol. The van der Waals surface area contributed by atoms with E-state index in [1.807, 2.05) is 7.05 Å². The lowest BCUT2D eigenvalue weighted by Gasteiger charge is -2.26. The molecule has 0 bridgehead atoms. The van der Waals surface area contributed by atoms with Gasteiger partial charge in [0.1, 0.15) is 0 Å². The van der Waals surface area contributed by atoms with Gasteiger partial charge in [-0.25, -0.2) is 0 Å². The van der Waals surface area contributed by atoms with E-state index < -0.39 is 0 Å². The van der Waals surface area contributed by atoms with E-state index in [1.54, 1.807) is 0 Å². The molecule has 2 fully saturated rings. The van der Waals surface area contributed by atoms with Crippen molar-refractivity contribution in [2.24, 2.45) is 16.3 Å². The summed E-state index contributed by atoms with van der Waals surface area (Å²) in [5.41, 5.74) is 0.322. The molecular weight excluding hydrogens is 427 g/mol. The molecule has 1 aliphatic carbocycles. The molecule has 6 heteroatoms. The molecular formula is C19H37IN4O. The highest BCUT2D eigenvalue weighted by atomic mass is 127. The predicted molar refractivity (Wildman–Crippen MR) is 116 cm³/mol. The van der Waals surface area contributed by atoms with Gasteiger partial charge >= 0.3 is 0 Å². The SMILES string of the molecule is CN=C(NCCC(C)(C)C)NC1CCN(C(=O)C2CCCCC2)C1.I. The molecule has 5 nitrogen and oxygen atoms in total. The van der Waals surface area contributed by atoms with Crippen molar-refractivity contribution in [2.75, 3.05) is 26.7 Å². The number of nitrogens with one attached hydrogen (secondary N) is 2. The maximum atomic E-state index is 12.6. The Morgan fingerprint density at radius 1 is 1.16 bits per heavy atom. The minimum Gasteiger partial charge on any atom is -0.356 e. The Morgan fingerprint density at radius 3 is 2.44 bits per heavy atom. The Balaban J connectivity index is 0.00000312. The van der Waals surface area contributed by atoms with E-state index in [1.165, 1.54) is 19.3 Å². The third-order valence-electron chi connectivity index (χ3n) is 5.19. The molecule has 0 aromatic heterocycles. The predicted octanol–water partition coefficient (Wildman–Crippen LogP) is 3.39. The van der Waals surface area contributed by atoms with Crippen molar-refractivity contribution in [1.82, 2.24) is 15.5 Å². The quantitative estimate of drug-likeness (QED) is 0.381. The van der Waals surface area contributed by atoms with Gasteiger partial charge in [-0.05, 0) is 31.1 Å². The highest BCUT2D eigenvalue weighted by Crippen LogP contribution is 2.26. The lowest BCUT2D eigenvalue weighted by molar-refractivity contribution is -0.135. The average Bonchev–Trinajstić information content (AvgIpc) is 3.01. The summed E-state index contributed by atoms with van der Waals surface area (Å²) in [6.45, 7) is 9.35. The van der Waals surface area contributed by atoms with Crippen molar-refractivity contribution in [3.63, 3.8) is 0 Å². The van der Waals surface area contributed by atoms with Crippen LogP contribution < -0.4 is 10.6 Å². The van der Waals surface area contributed by atoms with Gasteiger partial charge in [-0.3, -0.25) is 9.79 Å². The standard InChI is InChI=1S/C19H36N4O.HI/c1-19(2,3)11-12-21-18(20-4)22-16-10-13-23(14-16)17(24)15-8-6-5-7-9-15;/h15-16H,5-14H2,1-4H3,(H2,20,21,22);1H. The number of hydrogen-bond acceptors (Lipinski definition) is 2. The van der Waals surface area contributed by atoms with E-state index in [9.17, 15) is 4.79 Å². The average molecular weight is 464 g/mol. The van der Waals surface area contributed by atoms with E-state index >= 15 is 0 Å². The number of nitrogens with zero attached hydrogens (tertiary/aromatic N) is 2. The molecule has 1 amide bonds. The van der Waals surface area contributed by atoms with Gasteiger partial charge < -0.3 is 15.5 Å². The van der Waals surface area contributed by atoms with Crippen LogP contribution in [-0.2, 0) is 4.79 Å². The maximum Gasteiger partial charge on any atom is 0.225 e. The number of likely N-dealkylation sites (tertiary alicyclic amines) is 1. The fourth-order valence-electron chi connectivity index (χ4n) is 3.63. The van der Waals surface area contributed by atoms with E-state index in [0.717, 1.165) is 51.3 Å². The van der Waals surface area contributed by atoms with Crippen molar-refractivity contribution >= 4 is 35.8 Å². The largest absolute Gasteiger partial charge is 0.356 e. The Hall–Kier alpha value is -0.530. The minimum absolute atomic E-state index is 0. The first-order chi connectivity index (χ1) is 11.4. The number of guanidine groups is 1. The summed E-state index contributed by atoms with van der Waals surface area (Å²) in [5, 5.41) is 6.88. The number of carbonyl (C=O) groups is 1. The van der Waals surface area contributed by atoms with Crippen LogP contribution in [0.2, 0.25) is 0 Å². The molecule has 1 unspecified atom stereocenters. The van der Waals surface area contributed by atoms with Gasteiger partial charge in [0.2, 0.25) is 5.91 Å². The number of halogens is 1. The van der Waals surface area contributed by atoms with Crippen molar-refractivity contribution in [3.8, 4) is 0 Å². The fraction of sp³-hybridized carbons (Fsp3) is 0.895. The fourth-order valence-corrected chi connectivity index (χ4v) is 3.63. The van der Waals surface area contributed by atoms with Gasteiger partial charge in [0.25, 0.3) is 0 Å². The highest BCUT2D eigenvalue weighted by Gasteiger charge is 2.31. The lowest BCUT2D eigenvalue weighted by Crippen LogP contribution is -2.46. The number of hydrogen-bond donors (Lipinski definition) is 2. The zero-order chi connectivity index (χ0) is 17.6. The molecule has 1 aliphatic heterocycles. The van der Waals surface area contributed by atoms with E-state index in [2.05, 4.69) is 41.3 Å². The van der Waals surface area contributed by atoms with Gasteiger partial charge in [0.15, 0.2) is 5.96 Å². The molecule has 146 valence electrons. The normalized spacial score (nSPS) is 22.5. The van der Waals surface area contributed by atoms with Gasteiger partial charge in [-0.2, -0.15) is 0 Å². The van der Waals surface area contributed by atoms with Crippen LogP contribution in [0.4, 0.5) is 0 Å². The first kappa shape index (κ1) is 22.5. The first-order valence-corrected chi connectivity index (χ1v) is 9.65. The van der Waals surface area contributed by atoms with Crippen LogP contribution in [-0.4, -0.2) is 49.5 Å². The zero-order valence-electron chi connectivity index (χ0n) is 16.4. The minimum atomic E-state index is 0. The summed E-state index contributed by atoms with van der Waals surface area (Å²) in [6.07, 6.45) is 8.02. The second-order valence-electron chi connectivity index (χ2n) is 8.56. The van der Waals surface area contributed by atoms with Gasteiger partial charge in [0.05, 0.1) is 0 Å². The summed E-state index contributed by atoms with van der Waals surface area (Å²) in [4.78, 5) is 19.0. The van der Waals surface area contributed by atoms with Crippen LogP contribution >= 0.6 is 24.0 Å². The smallest absolute Gasteiger partial charge is 0.225 e. The molecule has 0 aromatic carbocycles. The summed E-state index contributed by atoms with van der Waals surface area (Å²) in [5.74, 6) is 1.52. The van der Waals surface area contributed by atoms with Gasteiger partial charge in [-0.15, -0.1) is 24.0 Å². The molecule has 2 rings (SSSR count). The molecule has 25 heavy (non-hydrogen) atoms. The summed E-state index contributed by atoms with van der Waals surface area (Å²) >= 11 is 0. The molecule has 0 radical (unpaired) electrons. The van der Waals surface area contributed by atoms with E-state index in [-0.39, 0.29) is 29.9 Å². The van der Waals surface area contributed by atoms with E-state index in [4.69, 9.17) is 0 Å².